The van der Waals surface area contributed by atoms with E-state index in [9.17, 15) is 18.0 Å². The molecule has 160 valence electrons. The molecule has 3 aromatic heterocycles. The number of hydrogen-bond donors (Lipinski definition) is 0. The average molecular weight is 422 g/mol. The third kappa shape index (κ3) is 3.66. The Morgan fingerprint density at radius 2 is 2.00 bits per heavy atom. The van der Waals surface area contributed by atoms with Crippen LogP contribution in [0.3, 0.4) is 0 Å². The minimum Gasteiger partial charge on any atom is -0.351 e. The summed E-state index contributed by atoms with van der Waals surface area (Å²) in [6, 6.07) is 2.60. The molecule has 3 aromatic rings. The Bertz CT molecular complexity index is 1090. The minimum absolute atomic E-state index is 0.109. The molecule has 0 spiro atoms. The predicted octanol–water partition coefficient (Wildman–Crippen LogP) is 4.68. The summed E-state index contributed by atoms with van der Waals surface area (Å²) in [5.74, 6) is -0.834. The molecule has 0 radical (unpaired) electrons. The van der Waals surface area contributed by atoms with E-state index in [0.29, 0.717) is 30.8 Å². The molecule has 1 atom stereocenters. The van der Waals surface area contributed by atoms with Gasteiger partial charge in [-0.25, -0.2) is 4.98 Å². The fourth-order valence-corrected chi connectivity index (χ4v) is 3.80. The van der Waals surface area contributed by atoms with Crippen molar-refractivity contribution in [2.24, 2.45) is 0 Å². The van der Waals surface area contributed by atoms with Crippen molar-refractivity contribution in [2.75, 3.05) is 13.1 Å². The number of likely N-dealkylation sites (tertiary alicyclic amines) is 1. The van der Waals surface area contributed by atoms with Crippen molar-refractivity contribution in [3.63, 3.8) is 0 Å². The van der Waals surface area contributed by atoms with Crippen LogP contribution in [-0.4, -0.2) is 39.2 Å². The Morgan fingerprint density at radius 1 is 1.23 bits per heavy atom. The molecule has 0 aromatic carbocycles. The van der Waals surface area contributed by atoms with Crippen LogP contribution in [0.2, 0.25) is 0 Å². The number of piperidine rings is 1. The molecule has 1 fully saturated rings. The number of nitrogens with zero attached hydrogens (tertiary/aromatic N) is 4. The highest BCUT2D eigenvalue weighted by molar-refractivity contribution is 5.91. The Hall–Kier alpha value is -2.91. The summed E-state index contributed by atoms with van der Waals surface area (Å²) in [7, 11) is 0. The average Bonchev–Trinajstić information content (AvgIpc) is 3.32. The third-order valence-electron chi connectivity index (χ3n) is 5.32. The monoisotopic (exact) mass is 422 g/mol. The zero-order valence-corrected chi connectivity index (χ0v) is 16.8. The van der Waals surface area contributed by atoms with Gasteiger partial charge < -0.3 is 13.9 Å². The summed E-state index contributed by atoms with van der Waals surface area (Å²) in [6.07, 6.45) is -3.37. The fraction of sp³-hybridized carbons (Fsp3) is 0.500. The lowest BCUT2D eigenvalue weighted by molar-refractivity contribution is -0.136. The number of carbonyl (C=O) groups is 1. The molecule has 1 amide bonds. The second-order valence-electron chi connectivity index (χ2n) is 7.92. The number of carbonyl (C=O) groups excluding carboxylic acids is 1. The van der Waals surface area contributed by atoms with E-state index in [1.54, 1.807) is 25.7 Å². The SMILES string of the molecule is Cc1cc(C(=O)N2CCCC(c3noc4nc(C(C)C)cc(C(F)(F)F)c34)C2)on1. The second-order valence-corrected chi connectivity index (χ2v) is 7.92. The molecule has 0 aliphatic carbocycles. The van der Waals surface area contributed by atoms with E-state index in [4.69, 9.17) is 9.05 Å². The van der Waals surface area contributed by atoms with Crippen LogP contribution in [0.4, 0.5) is 13.2 Å². The summed E-state index contributed by atoms with van der Waals surface area (Å²) >= 11 is 0. The van der Waals surface area contributed by atoms with Crippen molar-refractivity contribution in [1.82, 2.24) is 20.2 Å². The van der Waals surface area contributed by atoms with Gasteiger partial charge in [0.1, 0.15) is 0 Å². The van der Waals surface area contributed by atoms with Crippen molar-refractivity contribution in [3.8, 4) is 0 Å². The van der Waals surface area contributed by atoms with E-state index in [0.717, 1.165) is 6.07 Å². The van der Waals surface area contributed by atoms with E-state index in [-0.39, 0.29) is 40.9 Å². The smallest absolute Gasteiger partial charge is 0.351 e. The normalized spacial score (nSPS) is 17.8. The lowest BCUT2D eigenvalue weighted by atomic mass is 9.91. The highest BCUT2D eigenvalue weighted by Gasteiger charge is 2.38. The maximum atomic E-state index is 13.8. The Balaban J connectivity index is 1.71. The highest BCUT2D eigenvalue weighted by atomic mass is 19.4. The first kappa shape index (κ1) is 20.4. The molecule has 0 N–H and O–H groups in total. The predicted molar refractivity (Wildman–Crippen MR) is 100 cm³/mol. The van der Waals surface area contributed by atoms with Gasteiger partial charge in [0.05, 0.1) is 22.3 Å². The summed E-state index contributed by atoms with van der Waals surface area (Å²) in [5, 5.41) is 7.55. The molecule has 4 heterocycles. The zero-order chi connectivity index (χ0) is 21.6. The van der Waals surface area contributed by atoms with Gasteiger partial charge in [-0.1, -0.05) is 24.2 Å². The van der Waals surface area contributed by atoms with Gasteiger partial charge in [-0.05, 0) is 31.7 Å². The Labute approximate surface area is 170 Å². The highest BCUT2D eigenvalue weighted by Crippen LogP contribution is 2.40. The lowest BCUT2D eigenvalue weighted by Crippen LogP contribution is -2.39. The van der Waals surface area contributed by atoms with Crippen LogP contribution >= 0.6 is 0 Å². The number of rotatable bonds is 3. The minimum atomic E-state index is -4.58. The van der Waals surface area contributed by atoms with Gasteiger partial charge in [0, 0.05) is 30.8 Å². The van der Waals surface area contributed by atoms with Gasteiger partial charge in [0.15, 0.2) is 0 Å². The number of halogens is 3. The van der Waals surface area contributed by atoms with Gasteiger partial charge in [0.2, 0.25) is 5.76 Å². The number of hydrogen-bond acceptors (Lipinski definition) is 6. The molecule has 1 saturated heterocycles. The van der Waals surface area contributed by atoms with Crippen molar-refractivity contribution in [1.29, 1.82) is 0 Å². The summed E-state index contributed by atoms with van der Waals surface area (Å²) in [6.45, 7) is 5.93. The van der Waals surface area contributed by atoms with Crippen LogP contribution in [0.25, 0.3) is 11.1 Å². The topological polar surface area (TPSA) is 85.3 Å². The first-order valence-corrected chi connectivity index (χ1v) is 9.75. The molecule has 10 heteroatoms. The van der Waals surface area contributed by atoms with Crippen LogP contribution in [-0.2, 0) is 6.18 Å². The number of fused-ring (bicyclic) bond motifs is 1. The second kappa shape index (κ2) is 7.41. The van der Waals surface area contributed by atoms with E-state index in [2.05, 4.69) is 15.3 Å². The van der Waals surface area contributed by atoms with Crippen LogP contribution in [0.1, 0.15) is 71.7 Å². The molecule has 0 bridgehead atoms. The Morgan fingerprint density at radius 3 is 2.63 bits per heavy atom. The van der Waals surface area contributed by atoms with Gasteiger partial charge in [0.25, 0.3) is 11.6 Å². The van der Waals surface area contributed by atoms with Crippen molar-refractivity contribution < 1.29 is 27.0 Å². The van der Waals surface area contributed by atoms with E-state index >= 15 is 0 Å². The van der Waals surface area contributed by atoms with Crippen LogP contribution < -0.4 is 0 Å². The molecule has 0 saturated carbocycles. The quantitative estimate of drug-likeness (QED) is 0.609. The maximum absolute atomic E-state index is 13.8. The van der Waals surface area contributed by atoms with E-state index in [1.165, 1.54) is 6.07 Å². The molecular formula is C20H21F3N4O3. The van der Waals surface area contributed by atoms with Crippen molar-refractivity contribution >= 4 is 17.0 Å². The van der Waals surface area contributed by atoms with Gasteiger partial charge in [-0.2, -0.15) is 13.2 Å². The standard InChI is InChI=1S/C20H21F3N4O3/c1-10(2)14-8-13(20(21,22)23)16-17(26-30-18(16)24-14)12-5-4-6-27(9-12)19(28)15-7-11(3)25-29-15/h7-8,10,12H,4-6,9H2,1-3H3. The van der Waals surface area contributed by atoms with Gasteiger partial charge >= 0.3 is 6.18 Å². The first-order chi connectivity index (χ1) is 14.1. The van der Waals surface area contributed by atoms with Crippen molar-refractivity contribution in [3.05, 3.63) is 40.5 Å². The van der Waals surface area contributed by atoms with Crippen LogP contribution in [0, 0.1) is 6.92 Å². The largest absolute Gasteiger partial charge is 0.417 e. The third-order valence-corrected chi connectivity index (χ3v) is 5.32. The van der Waals surface area contributed by atoms with Crippen molar-refractivity contribution in [2.45, 2.75) is 51.6 Å². The first-order valence-electron chi connectivity index (χ1n) is 9.75. The van der Waals surface area contributed by atoms with Crippen LogP contribution in [0.15, 0.2) is 21.2 Å². The number of alkyl halides is 3. The van der Waals surface area contributed by atoms with Gasteiger partial charge in [-0.15, -0.1) is 0 Å². The number of pyridine rings is 1. The van der Waals surface area contributed by atoms with Crippen LogP contribution in [0.5, 0.6) is 0 Å². The summed E-state index contributed by atoms with van der Waals surface area (Å²) in [4.78, 5) is 18.5. The molecular weight excluding hydrogens is 401 g/mol. The number of aryl methyl sites for hydroxylation is 1. The fourth-order valence-electron chi connectivity index (χ4n) is 3.80. The van der Waals surface area contributed by atoms with E-state index < -0.39 is 17.7 Å². The molecule has 1 aliphatic heterocycles. The maximum Gasteiger partial charge on any atom is 0.417 e. The summed E-state index contributed by atoms with van der Waals surface area (Å²) < 4.78 is 51.8. The molecule has 7 nitrogen and oxygen atoms in total. The molecule has 1 aliphatic rings. The number of aromatic nitrogens is 3. The molecule has 4 rings (SSSR count). The lowest BCUT2D eigenvalue weighted by Gasteiger charge is -2.31. The van der Waals surface area contributed by atoms with E-state index in [1.807, 2.05) is 0 Å². The van der Waals surface area contributed by atoms with Gasteiger partial charge in [-0.3, -0.25) is 4.79 Å². The number of amides is 1. The molecule has 30 heavy (non-hydrogen) atoms. The Kier molecular flexibility index (Phi) is 5.03. The summed E-state index contributed by atoms with van der Waals surface area (Å²) in [5.41, 5.74) is 0.126. The molecule has 1 unspecified atom stereocenters. The zero-order valence-electron chi connectivity index (χ0n) is 16.8.